The highest BCUT2D eigenvalue weighted by Crippen LogP contribution is 2.29. The first-order valence-corrected chi connectivity index (χ1v) is 5.84. The average molecular weight is 334 g/mol. The van der Waals surface area contributed by atoms with E-state index in [1.807, 2.05) is 0 Å². The zero-order chi connectivity index (χ0) is 14.0. The number of anilines is 1. The number of benzene rings is 1. The zero-order valence-electron chi connectivity index (χ0n) is 9.25. The monoisotopic (exact) mass is 333 g/mol. The topological polar surface area (TPSA) is 57.8 Å². The second kappa shape index (κ2) is 5.04. The maximum atomic E-state index is 12.5. The van der Waals surface area contributed by atoms with Crippen molar-refractivity contribution < 1.29 is 18.0 Å². The molecule has 19 heavy (non-hydrogen) atoms. The van der Waals surface area contributed by atoms with E-state index in [0.29, 0.717) is 4.47 Å². The van der Waals surface area contributed by atoms with Crippen molar-refractivity contribution in [1.29, 1.82) is 0 Å². The van der Waals surface area contributed by atoms with Crippen molar-refractivity contribution in [2.75, 3.05) is 5.32 Å². The quantitative estimate of drug-likeness (QED) is 0.884. The van der Waals surface area contributed by atoms with E-state index in [1.54, 1.807) is 0 Å². The van der Waals surface area contributed by atoms with Gasteiger partial charge >= 0.3 is 6.18 Å². The molecule has 0 saturated carbocycles. The second-order valence-electron chi connectivity index (χ2n) is 3.63. The molecule has 4 nitrogen and oxygen atoms in total. The summed E-state index contributed by atoms with van der Waals surface area (Å²) in [5.74, 6) is -0.376. The molecule has 2 aromatic rings. The Balaban J connectivity index is 2.23. The van der Waals surface area contributed by atoms with Gasteiger partial charge in [-0.15, -0.1) is 0 Å². The summed E-state index contributed by atoms with van der Waals surface area (Å²) in [4.78, 5) is 11.8. The van der Waals surface area contributed by atoms with Gasteiger partial charge in [0.15, 0.2) is 0 Å². The van der Waals surface area contributed by atoms with Crippen molar-refractivity contribution in [1.82, 2.24) is 10.2 Å². The van der Waals surface area contributed by atoms with Gasteiger partial charge < -0.3 is 5.32 Å². The first-order chi connectivity index (χ1) is 8.88. The molecule has 0 spiro atoms. The number of rotatable bonds is 2. The van der Waals surface area contributed by atoms with Gasteiger partial charge in [-0.3, -0.25) is 9.89 Å². The van der Waals surface area contributed by atoms with Crippen molar-refractivity contribution in [2.45, 2.75) is 6.18 Å². The molecule has 1 heterocycles. The van der Waals surface area contributed by atoms with Crippen molar-refractivity contribution >= 4 is 27.7 Å². The molecule has 0 aliphatic rings. The van der Waals surface area contributed by atoms with E-state index in [1.165, 1.54) is 18.3 Å². The first-order valence-electron chi connectivity index (χ1n) is 5.05. The van der Waals surface area contributed by atoms with Crippen LogP contribution in [-0.4, -0.2) is 16.1 Å². The normalized spacial score (nSPS) is 11.4. The van der Waals surface area contributed by atoms with E-state index in [-0.39, 0.29) is 11.4 Å². The molecule has 1 aromatic carbocycles. The van der Waals surface area contributed by atoms with E-state index in [4.69, 9.17) is 0 Å². The van der Waals surface area contributed by atoms with E-state index >= 15 is 0 Å². The third kappa shape index (κ3) is 3.14. The number of aromatic amines is 1. The minimum Gasteiger partial charge on any atom is -0.306 e. The van der Waals surface area contributed by atoms with Crippen LogP contribution >= 0.6 is 15.9 Å². The molecule has 1 amide bonds. The number of amides is 1. The number of hydrogen-bond acceptors (Lipinski definition) is 2. The number of carbonyl (C=O) groups is 1. The molecule has 0 saturated heterocycles. The lowest BCUT2D eigenvalue weighted by Gasteiger charge is -2.08. The average Bonchev–Trinajstić information content (AvgIpc) is 2.74. The van der Waals surface area contributed by atoms with E-state index in [9.17, 15) is 18.0 Å². The van der Waals surface area contributed by atoms with E-state index in [2.05, 4.69) is 31.4 Å². The van der Waals surface area contributed by atoms with Crippen molar-refractivity contribution in [2.24, 2.45) is 0 Å². The molecular formula is C11H7BrF3N3O. The van der Waals surface area contributed by atoms with Gasteiger partial charge in [-0.2, -0.15) is 18.3 Å². The van der Waals surface area contributed by atoms with Gasteiger partial charge in [0.2, 0.25) is 0 Å². The van der Waals surface area contributed by atoms with Crippen molar-refractivity contribution in [3.63, 3.8) is 0 Å². The summed E-state index contributed by atoms with van der Waals surface area (Å²) >= 11 is 3.13. The Labute approximate surface area is 114 Å². The Morgan fingerprint density at radius 2 is 2.11 bits per heavy atom. The van der Waals surface area contributed by atoms with E-state index in [0.717, 1.165) is 12.1 Å². The highest BCUT2D eigenvalue weighted by Gasteiger charge is 2.30. The number of alkyl halides is 3. The predicted molar refractivity (Wildman–Crippen MR) is 65.7 cm³/mol. The number of aromatic nitrogens is 2. The Bertz CT molecular complexity index is 609. The van der Waals surface area contributed by atoms with Crippen LogP contribution in [0.4, 0.5) is 19.0 Å². The lowest BCUT2D eigenvalue weighted by Crippen LogP contribution is -2.14. The first kappa shape index (κ1) is 13.6. The fraction of sp³-hybridized carbons (Fsp3) is 0.0909. The van der Waals surface area contributed by atoms with Gasteiger partial charge in [-0.25, -0.2) is 0 Å². The Kier molecular flexibility index (Phi) is 3.61. The summed E-state index contributed by atoms with van der Waals surface area (Å²) in [5.41, 5.74) is -0.958. The molecular weight excluding hydrogens is 327 g/mol. The molecule has 2 N–H and O–H groups in total. The highest BCUT2D eigenvalue weighted by molar-refractivity contribution is 9.10. The predicted octanol–water partition coefficient (Wildman–Crippen LogP) is 3.44. The summed E-state index contributed by atoms with van der Waals surface area (Å²) in [7, 11) is 0. The number of halogens is 4. The van der Waals surface area contributed by atoms with Crippen LogP contribution in [0.1, 0.15) is 15.9 Å². The minimum atomic E-state index is -4.48. The third-order valence-electron chi connectivity index (χ3n) is 2.28. The maximum Gasteiger partial charge on any atom is 0.416 e. The van der Waals surface area contributed by atoms with Gasteiger partial charge in [0, 0.05) is 5.56 Å². The van der Waals surface area contributed by atoms with Gasteiger partial charge in [0.05, 0.1) is 16.2 Å². The molecule has 0 aliphatic heterocycles. The van der Waals surface area contributed by atoms with Crippen LogP contribution in [0.2, 0.25) is 0 Å². The van der Waals surface area contributed by atoms with Crippen LogP contribution in [-0.2, 0) is 6.18 Å². The van der Waals surface area contributed by atoms with Crippen LogP contribution in [0, 0.1) is 0 Å². The molecule has 0 aliphatic carbocycles. The molecule has 100 valence electrons. The SMILES string of the molecule is O=C(Nc1[nH]ncc1Br)c1cccc(C(F)(F)F)c1. The molecule has 1 aromatic heterocycles. The standard InChI is InChI=1S/C11H7BrF3N3O/c12-8-5-16-18-9(8)17-10(19)6-2-1-3-7(4-6)11(13,14)15/h1-5H,(H2,16,17,18,19). The fourth-order valence-corrected chi connectivity index (χ4v) is 1.67. The molecule has 0 atom stereocenters. The lowest BCUT2D eigenvalue weighted by molar-refractivity contribution is -0.137. The number of nitrogens with zero attached hydrogens (tertiary/aromatic N) is 1. The summed E-state index contributed by atoms with van der Waals surface area (Å²) in [6.07, 6.45) is -3.06. The summed E-state index contributed by atoms with van der Waals surface area (Å²) in [6, 6.07) is 4.18. The van der Waals surface area contributed by atoms with Crippen molar-refractivity contribution in [3.05, 3.63) is 46.1 Å². The van der Waals surface area contributed by atoms with Gasteiger partial charge in [0.25, 0.3) is 5.91 Å². The zero-order valence-corrected chi connectivity index (χ0v) is 10.8. The Morgan fingerprint density at radius 3 is 2.68 bits per heavy atom. The lowest BCUT2D eigenvalue weighted by atomic mass is 10.1. The molecule has 0 fully saturated rings. The summed E-state index contributed by atoms with van der Waals surface area (Å²) in [6.45, 7) is 0. The number of carbonyl (C=O) groups excluding carboxylic acids is 1. The number of hydrogen-bond donors (Lipinski definition) is 2. The molecule has 0 radical (unpaired) electrons. The Morgan fingerprint density at radius 1 is 1.37 bits per heavy atom. The number of H-pyrrole nitrogens is 1. The highest BCUT2D eigenvalue weighted by atomic mass is 79.9. The van der Waals surface area contributed by atoms with Crippen molar-refractivity contribution in [3.8, 4) is 0 Å². The van der Waals surface area contributed by atoms with Gasteiger partial charge in [-0.1, -0.05) is 6.07 Å². The van der Waals surface area contributed by atoms with Crippen LogP contribution in [0.5, 0.6) is 0 Å². The minimum absolute atomic E-state index is 0.0867. The molecule has 0 bridgehead atoms. The molecule has 0 unspecified atom stereocenters. The molecule has 8 heteroatoms. The molecule has 2 rings (SSSR count). The van der Waals surface area contributed by atoms with E-state index < -0.39 is 17.6 Å². The van der Waals surface area contributed by atoms with Crippen LogP contribution in [0.3, 0.4) is 0 Å². The summed E-state index contributed by atoms with van der Waals surface area (Å²) in [5, 5.41) is 8.57. The maximum absolute atomic E-state index is 12.5. The fourth-order valence-electron chi connectivity index (χ4n) is 1.38. The van der Waals surface area contributed by atoms with Crippen LogP contribution < -0.4 is 5.32 Å². The van der Waals surface area contributed by atoms with Gasteiger partial charge in [-0.05, 0) is 34.1 Å². The van der Waals surface area contributed by atoms with Crippen LogP contribution in [0.25, 0.3) is 0 Å². The Hall–Kier alpha value is -1.83. The smallest absolute Gasteiger partial charge is 0.306 e. The third-order valence-corrected chi connectivity index (χ3v) is 2.88. The van der Waals surface area contributed by atoms with Gasteiger partial charge in [0.1, 0.15) is 5.82 Å². The van der Waals surface area contributed by atoms with Crippen LogP contribution in [0.15, 0.2) is 34.9 Å². The second-order valence-corrected chi connectivity index (χ2v) is 4.48. The largest absolute Gasteiger partial charge is 0.416 e. The summed E-state index contributed by atoms with van der Waals surface area (Å²) < 4.78 is 38.1. The number of nitrogens with one attached hydrogen (secondary N) is 2.